The lowest BCUT2D eigenvalue weighted by Crippen LogP contribution is -2.34. The molecule has 6 nitrogen and oxygen atoms in total. The number of amides is 1. The predicted molar refractivity (Wildman–Crippen MR) is 113 cm³/mol. The van der Waals surface area contributed by atoms with Gasteiger partial charge in [0.2, 0.25) is 0 Å². The van der Waals surface area contributed by atoms with E-state index in [4.69, 9.17) is 0 Å². The second-order valence-electron chi connectivity index (χ2n) is 7.29. The smallest absolute Gasteiger partial charge is 0.273 e. The number of carbonyl (C=O) groups excluding carboxylic acids is 1. The minimum Gasteiger partial charge on any atom is -0.348 e. The molecule has 1 atom stereocenters. The molecule has 2 aromatic carbocycles. The maximum absolute atomic E-state index is 12.6. The minimum absolute atomic E-state index is 0.0562. The molecule has 146 valence electrons. The normalized spacial score (nSPS) is 12.1. The van der Waals surface area contributed by atoms with Crippen molar-refractivity contribution in [2.24, 2.45) is 0 Å². The molecule has 2 heterocycles. The lowest BCUT2D eigenvalue weighted by atomic mass is 10.0. The molecule has 1 unspecified atom stereocenters. The van der Waals surface area contributed by atoms with Gasteiger partial charge in [-0.2, -0.15) is 0 Å². The van der Waals surface area contributed by atoms with Gasteiger partial charge in [0.25, 0.3) is 5.91 Å². The van der Waals surface area contributed by atoms with Crippen molar-refractivity contribution in [3.05, 3.63) is 89.5 Å². The Kier molecular flexibility index (Phi) is 5.33. The van der Waals surface area contributed by atoms with Crippen LogP contribution in [0.2, 0.25) is 0 Å². The SMILES string of the molecule is Cc1cccnc1CC(C)NC(=O)c1cn(Cc2cccc3ccccc23)nn1. The van der Waals surface area contributed by atoms with Crippen molar-refractivity contribution in [3.8, 4) is 0 Å². The third kappa shape index (κ3) is 4.32. The average Bonchev–Trinajstić information content (AvgIpc) is 3.19. The number of pyridine rings is 1. The topological polar surface area (TPSA) is 72.7 Å². The van der Waals surface area contributed by atoms with Gasteiger partial charge in [-0.25, -0.2) is 4.68 Å². The van der Waals surface area contributed by atoms with E-state index in [-0.39, 0.29) is 11.9 Å². The van der Waals surface area contributed by atoms with Crippen molar-refractivity contribution in [1.29, 1.82) is 0 Å². The lowest BCUT2D eigenvalue weighted by molar-refractivity contribution is 0.0934. The molecule has 2 aromatic heterocycles. The molecule has 4 rings (SSSR count). The van der Waals surface area contributed by atoms with Crippen LogP contribution in [-0.4, -0.2) is 31.9 Å². The molecular weight excluding hydrogens is 362 g/mol. The molecule has 0 aliphatic carbocycles. The van der Waals surface area contributed by atoms with E-state index in [2.05, 4.69) is 44.9 Å². The van der Waals surface area contributed by atoms with Gasteiger partial charge in [-0.05, 0) is 41.8 Å². The molecule has 4 aromatic rings. The molecule has 1 N–H and O–H groups in total. The van der Waals surface area contributed by atoms with Crippen LogP contribution in [0, 0.1) is 6.92 Å². The van der Waals surface area contributed by atoms with Gasteiger partial charge in [-0.3, -0.25) is 9.78 Å². The van der Waals surface area contributed by atoms with Crippen LogP contribution in [0.15, 0.2) is 67.0 Å². The van der Waals surface area contributed by atoms with Crippen molar-refractivity contribution < 1.29 is 4.79 Å². The summed E-state index contributed by atoms with van der Waals surface area (Å²) in [5.41, 5.74) is 3.56. The first-order chi connectivity index (χ1) is 14.1. The standard InChI is InChI=1S/C23H23N5O/c1-16-7-6-12-24-21(16)13-17(2)25-23(29)22-15-28(27-26-22)14-19-10-5-9-18-8-3-4-11-20(18)19/h3-12,15,17H,13-14H2,1-2H3,(H,25,29). The maximum Gasteiger partial charge on any atom is 0.273 e. The summed E-state index contributed by atoms with van der Waals surface area (Å²) < 4.78 is 1.70. The number of nitrogens with one attached hydrogen (secondary N) is 1. The van der Waals surface area contributed by atoms with E-state index in [9.17, 15) is 4.79 Å². The fraction of sp³-hybridized carbons (Fsp3) is 0.217. The molecule has 1 amide bonds. The molecule has 0 aliphatic heterocycles. The second-order valence-corrected chi connectivity index (χ2v) is 7.29. The Labute approximate surface area is 169 Å². The number of carbonyl (C=O) groups is 1. The van der Waals surface area contributed by atoms with Crippen LogP contribution in [0.25, 0.3) is 10.8 Å². The molecule has 0 saturated carbocycles. The Hall–Kier alpha value is -3.54. The quantitative estimate of drug-likeness (QED) is 0.551. The molecule has 0 bridgehead atoms. The fourth-order valence-electron chi connectivity index (χ4n) is 3.46. The van der Waals surface area contributed by atoms with Crippen molar-refractivity contribution in [1.82, 2.24) is 25.3 Å². The van der Waals surface area contributed by atoms with Gasteiger partial charge in [-0.15, -0.1) is 5.10 Å². The van der Waals surface area contributed by atoms with Gasteiger partial charge in [0, 0.05) is 24.4 Å². The summed E-state index contributed by atoms with van der Waals surface area (Å²) in [6.45, 7) is 4.55. The summed E-state index contributed by atoms with van der Waals surface area (Å²) in [5, 5.41) is 13.5. The molecular formula is C23H23N5O. The van der Waals surface area contributed by atoms with Gasteiger partial charge in [-0.1, -0.05) is 53.7 Å². The fourth-order valence-corrected chi connectivity index (χ4v) is 3.46. The summed E-state index contributed by atoms with van der Waals surface area (Å²) >= 11 is 0. The third-order valence-electron chi connectivity index (χ3n) is 4.98. The number of hydrogen-bond acceptors (Lipinski definition) is 4. The molecule has 0 saturated heterocycles. The largest absolute Gasteiger partial charge is 0.348 e. The minimum atomic E-state index is -0.227. The first kappa shape index (κ1) is 18.8. The number of aromatic nitrogens is 4. The highest BCUT2D eigenvalue weighted by Gasteiger charge is 2.15. The van der Waals surface area contributed by atoms with E-state index in [1.165, 1.54) is 10.8 Å². The van der Waals surface area contributed by atoms with Gasteiger partial charge >= 0.3 is 0 Å². The molecule has 0 aliphatic rings. The van der Waals surface area contributed by atoms with Crippen molar-refractivity contribution in [2.75, 3.05) is 0 Å². The molecule has 29 heavy (non-hydrogen) atoms. The Morgan fingerprint density at radius 3 is 2.79 bits per heavy atom. The summed E-state index contributed by atoms with van der Waals surface area (Å²) in [6.07, 6.45) is 4.13. The van der Waals surface area contributed by atoms with Gasteiger partial charge in [0.05, 0.1) is 12.7 Å². The molecule has 6 heteroatoms. The van der Waals surface area contributed by atoms with E-state index in [0.717, 1.165) is 16.8 Å². The van der Waals surface area contributed by atoms with E-state index < -0.39 is 0 Å². The zero-order valence-corrected chi connectivity index (χ0v) is 16.5. The van der Waals surface area contributed by atoms with Crippen LogP contribution in [0.5, 0.6) is 0 Å². The highest BCUT2D eigenvalue weighted by molar-refractivity contribution is 5.92. The number of fused-ring (bicyclic) bond motifs is 1. The number of nitrogens with zero attached hydrogens (tertiary/aromatic N) is 4. The van der Waals surface area contributed by atoms with Crippen LogP contribution in [-0.2, 0) is 13.0 Å². The predicted octanol–water partition coefficient (Wildman–Crippen LogP) is 3.54. The zero-order chi connectivity index (χ0) is 20.2. The Morgan fingerprint density at radius 2 is 1.93 bits per heavy atom. The van der Waals surface area contributed by atoms with E-state index in [0.29, 0.717) is 18.7 Å². The molecule has 0 fully saturated rings. The summed E-state index contributed by atoms with van der Waals surface area (Å²) in [6, 6.07) is 18.3. The lowest BCUT2D eigenvalue weighted by Gasteiger charge is -2.13. The highest BCUT2D eigenvalue weighted by Crippen LogP contribution is 2.19. The summed E-state index contributed by atoms with van der Waals surface area (Å²) in [5.74, 6) is -0.227. The van der Waals surface area contributed by atoms with Crippen LogP contribution in [0.1, 0.15) is 34.2 Å². The van der Waals surface area contributed by atoms with Crippen LogP contribution in [0.3, 0.4) is 0 Å². The number of rotatable bonds is 6. The van der Waals surface area contributed by atoms with Crippen LogP contribution < -0.4 is 5.32 Å². The van der Waals surface area contributed by atoms with E-state index in [1.807, 2.05) is 44.2 Å². The van der Waals surface area contributed by atoms with Crippen LogP contribution in [0.4, 0.5) is 0 Å². The van der Waals surface area contributed by atoms with E-state index >= 15 is 0 Å². The zero-order valence-electron chi connectivity index (χ0n) is 16.5. The monoisotopic (exact) mass is 385 g/mol. The van der Waals surface area contributed by atoms with Crippen molar-refractivity contribution >= 4 is 16.7 Å². The molecule has 0 spiro atoms. The Balaban J connectivity index is 1.43. The van der Waals surface area contributed by atoms with Gasteiger partial charge in [0.1, 0.15) is 0 Å². The average molecular weight is 385 g/mol. The van der Waals surface area contributed by atoms with Crippen molar-refractivity contribution in [2.45, 2.75) is 32.9 Å². The summed E-state index contributed by atoms with van der Waals surface area (Å²) in [4.78, 5) is 17.0. The highest BCUT2D eigenvalue weighted by atomic mass is 16.2. The third-order valence-corrected chi connectivity index (χ3v) is 4.98. The second kappa shape index (κ2) is 8.22. The molecule has 0 radical (unpaired) electrons. The maximum atomic E-state index is 12.6. The van der Waals surface area contributed by atoms with Crippen LogP contribution >= 0.6 is 0 Å². The van der Waals surface area contributed by atoms with Gasteiger partial charge in [0.15, 0.2) is 5.69 Å². The van der Waals surface area contributed by atoms with Gasteiger partial charge < -0.3 is 5.32 Å². The Bertz CT molecular complexity index is 1150. The first-order valence-corrected chi connectivity index (χ1v) is 9.68. The summed E-state index contributed by atoms with van der Waals surface area (Å²) in [7, 11) is 0. The number of aryl methyl sites for hydroxylation is 1. The van der Waals surface area contributed by atoms with Crippen molar-refractivity contribution in [3.63, 3.8) is 0 Å². The Morgan fingerprint density at radius 1 is 1.10 bits per heavy atom. The number of benzene rings is 2. The van der Waals surface area contributed by atoms with E-state index in [1.54, 1.807) is 17.1 Å². The number of hydrogen-bond donors (Lipinski definition) is 1. The first-order valence-electron chi connectivity index (χ1n) is 9.68.